The number of ketones is 1. The molecule has 0 aromatic heterocycles. The van der Waals surface area contributed by atoms with Crippen LogP contribution in [0.4, 0.5) is 39.5 Å². The van der Waals surface area contributed by atoms with Gasteiger partial charge in [0.1, 0.15) is 0 Å². The van der Waals surface area contributed by atoms with Gasteiger partial charge in [-0.15, -0.1) is 0 Å². The summed E-state index contributed by atoms with van der Waals surface area (Å²) in [5.41, 5.74) is 1.85. The number of amides is 1. The number of Topliss-reactive ketones (excluding diaryl/α,β-unsaturated/α-hetero) is 1. The highest BCUT2D eigenvalue weighted by Crippen LogP contribution is 2.41. The van der Waals surface area contributed by atoms with Gasteiger partial charge in [0.05, 0.1) is 38.2 Å². The average Bonchev–Trinajstić information content (AvgIpc) is 2.79. The monoisotopic (exact) mass is 659 g/mol. The molecule has 0 aliphatic rings. The molecule has 2 aromatic carbocycles. The molecule has 16 heteroatoms. The molecule has 0 aliphatic carbocycles. The van der Waals surface area contributed by atoms with Gasteiger partial charge < -0.3 is 5.73 Å². The van der Waals surface area contributed by atoms with Crippen LogP contribution in [0.25, 0.3) is 6.08 Å². The second kappa shape index (κ2) is 13.3. The largest absolute Gasteiger partial charge is 0.417 e. The maximum absolute atomic E-state index is 13.8. The molecule has 2 rings (SSSR count). The van der Waals surface area contributed by atoms with Crippen LogP contribution >= 0.6 is 46.6 Å². The van der Waals surface area contributed by atoms with Gasteiger partial charge in [0, 0.05) is 17.7 Å². The Bertz CT molecular complexity index is 1250. The van der Waals surface area contributed by atoms with Crippen molar-refractivity contribution in [2.24, 2.45) is 11.7 Å². The second-order valence-electron chi connectivity index (χ2n) is 8.34. The number of rotatable bonds is 10. The predicted molar refractivity (Wildman–Crippen MR) is 136 cm³/mol. The maximum Gasteiger partial charge on any atom is 0.417 e. The van der Waals surface area contributed by atoms with Gasteiger partial charge in [-0.05, 0) is 29.3 Å². The summed E-state index contributed by atoms with van der Waals surface area (Å²) in [4.78, 5) is 24.2. The predicted octanol–water partition coefficient (Wildman–Crippen LogP) is 8.99. The summed E-state index contributed by atoms with van der Waals surface area (Å²) in [5.74, 6) is -8.20. The van der Waals surface area contributed by atoms with Crippen molar-refractivity contribution < 1.29 is 49.1 Å². The van der Waals surface area contributed by atoms with Crippen LogP contribution in [0.15, 0.2) is 36.4 Å². The molecule has 0 saturated heterocycles. The first-order valence-electron chi connectivity index (χ1n) is 10.8. The Kier molecular flexibility index (Phi) is 11.3. The van der Waals surface area contributed by atoms with E-state index in [0.29, 0.717) is 18.2 Å². The average molecular weight is 661 g/mol. The number of halogens is 12. The number of hydrogen-bond donors (Lipinski definition) is 1. The van der Waals surface area contributed by atoms with Crippen LogP contribution in [0, 0.1) is 5.92 Å². The SMILES string of the molecule is NC(=O)[C@H](CSCC(F)(F)F)CC(=O)c1ccc(/C=C/C(c2cc(Cl)c(Cl)c(Cl)c2)C(F)(F)F)cc1C(F)(F)F. The van der Waals surface area contributed by atoms with E-state index in [9.17, 15) is 49.1 Å². The van der Waals surface area contributed by atoms with Crippen LogP contribution < -0.4 is 5.73 Å². The van der Waals surface area contributed by atoms with Gasteiger partial charge in [0.25, 0.3) is 0 Å². The van der Waals surface area contributed by atoms with Crippen molar-refractivity contribution in [3.05, 3.63) is 73.7 Å². The first-order chi connectivity index (χ1) is 18.2. The van der Waals surface area contributed by atoms with Gasteiger partial charge in [0.2, 0.25) is 5.91 Å². The van der Waals surface area contributed by atoms with Crippen LogP contribution in [0.2, 0.25) is 15.1 Å². The number of thioether (sulfide) groups is 1. The summed E-state index contributed by atoms with van der Waals surface area (Å²) in [7, 11) is 0. The van der Waals surface area contributed by atoms with Crippen molar-refractivity contribution in [1.82, 2.24) is 0 Å². The van der Waals surface area contributed by atoms with Crippen molar-refractivity contribution in [2.75, 3.05) is 11.5 Å². The van der Waals surface area contributed by atoms with Gasteiger partial charge in [-0.3, -0.25) is 9.59 Å². The van der Waals surface area contributed by atoms with E-state index in [1.807, 2.05) is 0 Å². The van der Waals surface area contributed by atoms with E-state index < -0.39 is 76.7 Å². The van der Waals surface area contributed by atoms with E-state index in [2.05, 4.69) is 0 Å². The third kappa shape index (κ3) is 9.78. The highest BCUT2D eigenvalue weighted by molar-refractivity contribution is 7.99. The summed E-state index contributed by atoms with van der Waals surface area (Å²) in [6, 6.07) is 3.87. The molecule has 0 aliphatic heterocycles. The van der Waals surface area contributed by atoms with Gasteiger partial charge in [0.15, 0.2) is 5.78 Å². The lowest BCUT2D eigenvalue weighted by molar-refractivity contribution is -0.139. The molecular weight excluding hydrogens is 644 g/mol. The Labute approximate surface area is 240 Å². The molecule has 2 atom stereocenters. The van der Waals surface area contributed by atoms with E-state index in [0.717, 1.165) is 24.3 Å². The number of nitrogens with two attached hydrogens (primary N) is 1. The Hall–Kier alpha value is -2.09. The molecule has 0 bridgehead atoms. The second-order valence-corrected chi connectivity index (χ2v) is 10.6. The first kappa shape index (κ1) is 34.1. The molecule has 3 nitrogen and oxygen atoms in total. The minimum atomic E-state index is -5.15. The summed E-state index contributed by atoms with van der Waals surface area (Å²) >= 11 is 17.6. The first-order valence-corrected chi connectivity index (χ1v) is 13.1. The van der Waals surface area contributed by atoms with Crippen LogP contribution in [-0.4, -0.2) is 35.5 Å². The fourth-order valence-electron chi connectivity index (χ4n) is 3.41. The number of hydrogen-bond acceptors (Lipinski definition) is 3. The highest BCUT2D eigenvalue weighted by atomic mass is 35.5. The summed E-state index contributed by atoms with van der Waals surface area (Å²) in [6.45, 7) is 0. The van der Waals surface area contributed by atoms with E-state index >= 15 is 0 Å². The quantitative estimate of drug-likeness (QED) is 0.157. The van der Waals surface area contributed by atoms with Crippen LogP contribution in [0.5, 0.6) is 0 Å². The van der Waals surface area contributed by atoms with Crippen molar-refractivity contribution >= 4 is 64.3 Å². The normalized spacial score (nSPS) is 14.4. The summed E-state index contributed by atoms with van der Waals surface area (Å²) in [6.07, 6.45) is -14.2. The third-order valence-electron chi connectivity index (χ3n) is 5.27. The molecular formula is C24H17Cl3F9NO2S. The van der Waals surface area contributed by atoms with Crippen LogP contribution in [-0.2, 0) is 11.0 Å². The van der Waals surface area contributed by atoms with Gasteiger partial charge in [-0.2, -0.15) is 51.3 Å². The molecule has 2 aromatic rings. The topological polar surface area (TPSA) is 60.2 Å². The molecule has 0 heterocycles. The minimum Gasteiger partial charge on any atom is -0.369 e. The van der Waals surface area contributed by atoms with Gasteiger partial charge in [-0.25, -0.2) is 0 Å². The van der Waals surface area contributed by atoms with Crippen molar-refractivity contribution in [3.63, 3.8) is 0 Å². The summed E-state index contributed by atoms with van der Waals surface area (Å²) < 4.78 is 120. The molecule has 0 spiro atoms. The molecule has 2 N–H and O–H groups in total. The van der Waals surface area contributed by atoms with Crippen molar-refractivity contribution in [2.45, 2.75) is 30.9 Å². The summed E-state index contributed by atoms with van der Waals surface area (Å²) in [5, 5.41) is -0.746. The van der Waals surface area contributed by atoms with Crippen LogP contribution in [0.3, 0.4) is 0 Å². The Morgan fingerprint density at radius 1 is 0.925 bits per heavy atom. The number of benzene rings is 2. The molecule has 0 fully saturated rings. The number of primary amides is 1. The lowest BCUT2D eigenvalue weighted by Crippen LogP contribution is -2.29. The Balaban J connectivity index is 2.40. The number of alkyl halides is 9. The highest BCUT2D eigenvalue weighted by Gasteiger charge is 2.40. The zero-order valence-corrected chi connectivity index (χ0v) is 22.7. The standard InChI is InChI=1S/C24H17Cl3F9NO2S/c25-17-6-12(7-18(26)20(17)27)15(23(31,32)33)4-2-11-1-3-14(16(5-11)24(34,35)36)19(38)8-13(21(37)39)9-40-10-22(28,29)30/h1-7,13,15H,8-10H2,(H2,37,39)/b4-2+/t13-,15?/m0/s1. The molecule has 0 saturated carbocycles. The number of carbonyl (C=O) groups is 2. The zero-order valence-electron chi connectivity index (χ0n) is 19.7. The Morgan fingerprint density at radius 2 is 1.50 bits per heavy atom. The molecule has 40 heavy (non-hydrogen) atoms. The van der Waals surface area contributed by atoms with Crippen molar-refractivity contribution in [3.8, 4) is 0 Å². The zero-order chi connectivity index (χ0) is 30.6. The van der Waals surface area contributed by atoms with E-state index in [4.69, 9.17) is 40.5 Å². The smallest absolute Gasteiger partial charge is 0.369 e. The molecule has 0 radical (unpaired) electrons. The minimum absolute atomic E-state index is 0.190. The van der Waals surface area contributed by atoms with Gasteiger partial charge >= 0.3 is 18.5 Å². The third-order valence-corrected chi connectivity index (χ3v) is 7.63. The fraction of sp³-hybridized carbons (Fsp3) is 0.333. The van der Waals surface area contributed by atoms with E-state index in [1.165, 1.54) is 0 Å². The van der Waals surface area contributed by atoms with Gasteiger partial charge in [-0.1, -0.05) is 59.1 Å². The van der Waals surface area contributed by atoms with E-state index in [-0.39, 0.29) is 32.4 Å². The number of allylic oxidation sites excluding steroid dienone is 1. The fourth-order valence-corrected chi connectivity index (χ4v) is 4.94. The molecule has 1 unspecified atom stereocenters. The lowest BCUT2D eigenvalue weighted by Gasteiger charge is -2.19. The van der Waals surface area contributed by atoms with Crippen LogP contribution in [0.1, 0.15) is 39.4 Å². The maximum atomic E-state index is 13.8. The van der Waals surface area contributed by atoms with Crippen molar-refractivity contribution in [1.29, 1.82) is 0 Å². The molecule has 220 valence electrons. The molecule has 1 amide bonds. The Morgan fingerprint density at radius 3 is 1.98 bits per heavy atom. The van der Waals surface area contributed by atoms with E-state index in [1.54, 1.807) is 0 Å². The lowest BCUT2D eigenvalue weighted by atomic mass is 9.93. The number of carbonyl (C=O) groups excluding carboxylic acids is 2.